The predicted molar refractivity (Wildman–Crippen MR) is 123 cm³/mol. The standard InChI is InChI=1S/C24H32N4O4/c1-3-5-12-32-23(29)27-24(10-13-31-14-11-24)17-28-21(16-30-4-2)26-20-15-25-19-9-7-6-8-18(19)22(20)28/h6-9,15H,3-5,10-14,16-17H2,1-2H3,(H,27,29). The van der Waals surface area contributed by atoms with Crippen LogP contribution in [0, 0.1) is 0 Å². The third-order valence-corrected chi connectivity index (χ3v) is 6.00. The molecule has 0 spiro atoms. The molecule has 0 aliphatic carbocycles. The summed E-state index contributed by atoms with van der Waals surface area (Å²) in [5.74, 6) is 0.826. The number of nitrogens with zero attached hydrogens (tertiary/aromatic N) is 3. The number of unbranched alkanes of at least 4 members (excludes halogenated alkanes) is 1. The first-order valence-electron chi connectivity index (χ1n) is 11.5. The van der Waals surface area contributed by atoms with Crippen molar-refractivity contribution in [2.75, 3.05) is 26.4 Å². The molecule has 1 N–H and O–H groups in total. The Kier molecular flexibility index (Phi) is 7.22. The highest BCUT2D eigenvalue weighted by molar-refractivity contribution is 6.02. The molecule has 8 heteroatoms. The lowest BCUT2D eigenvalue weighted by atomic mass is 9.89. The van der Waals surface area contributed by atoms with Gasteiger partial charge in [0, 0.05) is 31.8 Å². The molecule has 1 aliphatic rings. The van der Waals surface area contributed by atoms with Gasteiger partial charge >= 0.3 is 6.09 Å². The van der Waals surface area contributed by atoms with E-state index in [0.29, 0.717) is 52.4 Å². The number of aromatic nitrogens is 3. The summed E-state index contributed by atoms with van der Waals surface area (Å²) in [6, 6.07) is 8.06. The van der Waals surface area contributed by atoms with E-state index in [1.165, 1.54) is 0 Å². The number of alkyl carbamates (subject to hydrolysis) is 1. The van der Waals surface area contributed by atoms with Gasteiger partial charge in [0.2, 0.25) is 0 Å². The molecular weight excluding hydrogens is 408 g/mol. The Balaban J connectivity index is 1.73. The zero-order valence-electron chi connectivity index (χ0n) is 18.9. The highest BCUT2D eigenvalue weighted by atomic mass is 16.5. The van der Waals surface area contributed by atoms with Gasteiger partial charge in [-0.2, -0.15) is 0 Å². The Morgan fingerprint density at radius 3 is 2.81 bits per heavy atom. The number of nitrogens with one attached hydrogen (secondary N) is 1. The first kappa shape index (κ1) is 22.5. The monoisotopic (exact) mass is 440 g/mol. The Morgan fingerprint density at radius 1 is 1.22 bits per heavy atom. The summed E-state index contributed by atoms with van der Waals surface area (Å²) < 4.78 is 19.0. The molecule has 1 fully saturated rings. The second-order valence-corrected chi connectivity index (χ2v) is 8.27. The molecule has 0 saturated carbocycles. The van der Waals surface area contributed by atoms with Gasteiger partial charge in [0.25, 0.3) is 0 Å². The van der Waals surface area contributed by atoms with Gasteiger partial charge in [-0.3, -0.25) is 4.98 Å². The third-order valence-electron chi connectivity index (χ3n) is 6.00. The van der Waals surface area contributed by atoms with Crippen LogP contribution in [-0.4, -0.2) is 52.6 Å². The molecule has 0 radical (unpaired) electrons. The summed E-state index contributed by atoms with van der Waals surface area (Å²) in [7, 11) is 0. The third kappa shape index (κ3) is 4.86. The van der Waals surface area contributed by atoms with Crippen LogP contribution in [0.3, 0.4) is 0 Å². The molecule has 1 aliphatic heterocycles. The second kappa shape index (κ2) is 10.3. The van der Waals surface area contributed by atoms with Gasteiger partial charge in [0.1, 0.15) is 17.9 Å². The summed E-state index contributed by atoms with van der Waals surface area (Å²) in [5, 5.41) is 4.21. The van der Waals surface area contributed by atoms with Crippen LogP contribution < -0.4 is 5.32 Å². The maximum absolute atomic E-state index is 12.6. The van der Waals surface area contributed by atoms with E-state index in [1.807, 2.05) is 31.3 Å². The van der Waals surface area contributed by atoms with Crippen molar-refractivity contribution in [3.05, 3.63) is 36.3 Å². The van der Waals surface area contributed by atoms with Gasteiger partial charge in [-0.25, -0.2) is 9.78 Å². The number of hydrogen-bond acceptors (Lipinski definition) is 6. The van der Waals surface area contributed by atoms with Crippen molar-refractivity contribution in [2.24, 2.45) is 0 Å². The number of imidazole rings is 1. The Hall–Kier alpha value is -2.71. The minimum atomic E-state index is -0.486. The summed E-state index contributed by atoms with van der Waals surface area (Å²) >= 11 is 0. The zero-order chi connectivity index (χ0) is 22.4. The second-order valence-electron chi connectivity index (χ2n) is 8.27. The number of amides is 1. The number of carbonyl (C=O) groups is 1. The summed E-state index contributed by atoms with van der Waals surface area (Å²) in [5.41, 5.74) is 2.26. The molecule has 3 heterocycles. The fourth-order valence-electron chi connectivity index (χ4n) is 4.23. The molecule has 8 nitrogen and oxygen atoms in total. The van der Waals surface area contributed by atoms with Gasteiger partial charge < -0.3 is 24.1 Å². The van der Waals surface area contributed by atoms with Crippen LogP contribution in [-0.2, 0) is 27.4 Å². The van der Waals surface area contributed by atoms with Gasteiger partial charge in [-0.15, -0.1) is 0 Å². The molecular formula is C24H32N4O4. The van der Waals surface area contributed by atoms with Crippen LogP contribution in [0.25, 0.3) is 21.9 Å². The van der Waals surface area contributed by atoms with Crippen molar-refractivity contribution in [1.29, 1.82) is 0 Å². The van der Waals surface area contributed by atoms with E-state index < -0.39 is 5.54 Å². The Bertz CT molecular complexity index is 1060. The number of hydrogen-bond donors (Lipinski definition) is 1. The van der Waals surface area contributed by atoms with Crippen LogP contribution in [0.2, 0.25) is 0 Å². The molecule has 3 aromatic rings. The molecule has 0 unspecified atom stereocenters. The minimum absolute atomic E-state index is 0.373. The van der Waals surface area contributed by atoms with E-state index in [9.17, 15) is 4.79 Å². The molecule has 2 aromatic heterocycles. The van der Waals surface area contributed by atoms with Crippen molar-refractivity contribution >= 4 is 28.0 Å². The number of pyridine rings is 1. The van der Waals surface area contributed by atoms with E-state index in [-0.39, 0.29) is 6.09 Å². The van der Waals surface area contributed by atoms with Crippen molar-refractivity contribution in [3.8, 4) is 0 Å². The number of ether oxygens (including phenoxy) is 3. The lowest BCUT2D eigenvalue weighted by Crippen LogP contribution is -2.55. The van der Waals surface area contributed by atoms with Gasteiger partial charge in [-0.1, -0.05) is 31.5 Å². The highest BCUT2D eigenvalue weighted by Gasteiger charge is 2.36. The number of para-hydroxylation sites is 1. The lowest BCUT2D eigenvalue weighted by Gasteiger charge is -2.38. The Labute approximate surface area is 188 Å². The molecule has 4 rings (SSSR count). The van der Waals surface area contributed by atoms with E-state index in [4.69, 9.17) is 19.2 Å². The summed E-state index contributed by atoms with van der Waals surface area (Å²) in [4.78, 5) is 22.0. The summed E-state index contributed by atoms with van der Waals surface area (Å²) in [6.45, 7) is 7.20. The molecule has 1 saturated heterocycles. The van der Waals surface area contributed by atoms with E-state index in [0.717, 1.165) is 40.6 Å². The average Bonchev–Trinajstić information content (AvgIpc) is 3.15. The van der Waals surface area contributed by atoms with E-state index in [1.54, 1.807) is 0 Å². The number of benzene rings is 1. The maximum Gasteiger partial charge on any atom is 0.407 e. The van der Waals surface area contributed by atoms with E-state index >= 15 is 0 Å². The molecule has 172 valence electrons. The van der Waals surface area contributed by atoms with Gasteiger partial charge in [0.05, 0.1) is 29.4 Å². The van der Waals surface area contributed by atoms with Crippen molar-refractivity contribution in [1.82, 2.24) is 19.9 Å². The molecule has 1 aromatic carbocycles. The van der Waals surface area contributed by atoms with Crippen LogP contribution in [0.4, 0.5) is 4.79 Å². The van der Waals surface area contributed by atoms with Crippen molar-refractivity contribution < 1.29 is 19.0 Å². The maximum atomic E-state index is 12.6. The van der Waals surface area contributed by atoms with Crippen molar-refractivity contribution in [3.63, 3.8) is 0 Å². The SMILES string of the molecule is CCCCOC(=O)NC1(Cn2c(COCC)nc3cnc4ccccc4c32)CCOCC1. The molecule has 0 bridgehead atoms. The fraction of sp³-hybridized carbons (Fsp3) is 0.542. The molecule has 32 heavy (non-hydrogen) atoms. The molecule has 0 atom stereocenters. The number of rotatable bonds is 9. The van der Waals surface area contributed by atoms with Crippen LogP contribution >= 0.6 is 0 Å². The van der Waals surface area contributed by atoms with Gasteiger partial charge in [-0.05, 0) is 32.3 Å². The summed E-state index contributed by atoms with van der Waals surface area (Å²) in [6.07, 6.45) is 4.68. The minimum Gasteiger partial charge on any atom is -0.450 e. The first-order chi connectivity index (χ1) is 15.7. The zero-order valence-corrected chi connectivity index (χ0v) is 18.9. The largest absolute Gasteiger partial charge is 0.450 e. The predicted octanol–water partition coefficient (Wildman–Crippen LogP) is 4.20. The smallest absolute Gasteiger partial charge is 0.407 e. The van der Waals surface area contributed by atoms with Crippen LogP contribution in [0.15, 0.2) is 30.5 Å². The average molecular weight is 441 g/mol. The fourth-order valence-corrected chi connectivity index (χ4v) is 4.23. The van der Waals surface area contributed by atoms with Crippen LogP contribution in [0.1, 0.15) is 45.4 Å². The highest BCUT2D eigenvalue weighted by Crippen LogP contribution is 2.30. The number of carbonyl (C=O) groups excluding carboxylic acids is 1. The lowest BCUT2D eigenvalue weighted by molar-refractivity contribution is 0.0277. The quantitative estimate of drug-likeness (QED) is 0.502. The first-order valence-corrected chi connectivity index (χ1v) is 11.5. The Morgan fingerprint density at radius 2 is 2.03 bits per heavy atom. The molecule has 1 amide bonds. The number of fused-ring (bicyclic) bond motifs is 3. The van der Waals surface area contributed by atoms with Crippen LogP contribution in [0.5, 0.6) is 0 Å². The topological polar surface area (TPSA) is 87.5 Å². The van der Waals surface area contributed by atoms with Gasteiger partial charge in [0.15, 0.2) is 0 Å². The van der Waals surface area contributed by atoms with Crippen molar-refractivity contribution in [2.45, 2.75) is 58.2 Å². The van der Waals surface area contributed by atoms with E-state index in [2.05, 4.69) is 27.9 Å². The normalized spacial score (nSPS) is 15.8.